The molecule has 0 atom stereocenters. The summed E-state index contributed by atoms with van der Waals surface area (Å²) in [6.45, 7) is 19.5. The van der Waals surface area contributed by atoms with Crippen molar-refractivity contribution in [3.05, 3.63) is 130 Å². The Bertz CT molecular complexity index is 2630. The van der Waals surface area contributed by atoms with Gasteiger partial charge in [-0.3, -0.25) is 0 Å². The molecular formula is C54H66N4O6Sn. The van der Waals surface area contributed by atoms with E-state index in [1.54, 1.807) is 0 Å². The fraction of sp³-hybridized carbons (Fsp3) is 0.407. The van der Waals surface area contributed by atoms with Crippen LogP contribution < -0.4 is 29.6 Å². The summed E-state index contributed by atoms with van der Waals surface area (Å²) in [6.07, 6.45) is 20.1. The molecule has 4 aromatic rings. The van der Waals surface area contributed by atoms with Crippen molar-refractivity contribution in [1.82, 2.24) is 5.58 Å². The Morgan fingerprint density at radius 3 is 1.60 bits per heavy atom. The summed E-state index contributed by atoms with van der Waals surface area (Å²) in [5, 5.41) is 1.82. The van der Waals surface area contributed by atoms with Crippen LogP contribution in [0, 0.1) is 0 Å². The molecule has 10 nitrogen and oxygen atoms in total. The summed E-state index contributed by atoms with van der Waals surface area (Å²) in [4.78, 5) is 10.8. The molecule has 4 aliphatic heterocycles. The maximum absolute atomic E-state index is 7.72. The van der Waals surface area contributed by atoms with Gasteiger partial charge >= 0.3 is 393 Å². The van der Waals surface area contributed by atoms with E-state index in [1.807, 2.05) is 12.1 Å². The normalized spacial score (nSPS) is 15.6. The van der Waals surface area contributed by atoms with Crippen LogP contribution in [0.15, 0.2) is 106 Å². The van der Waals surface area contributed by atoms with Crippen molar-refractivity contribution >= 4 is 54.5 Å². The fourth-order valence-electron chi connectivity index (χ4n) is 8.68. The van der Waals surface area contributed by atoms with E-state index in [4.69, 9.17) is 35.1 Å². The number of unbranched alkanes of at least 4 members (excludes halogenated alkanes) is 4. The van der Waals surface area contributed by atoms with Crippen molar-refractivity contribution in [2.75, 3.05) is 26.4 Å². The number of aliphatic imine (C=N–C) groups is 2. The standard InChI is InChI=1S/C48H52N4O4.2C3H7O.Sn/c1-5-9-27-53-41-15-13-16-42(54-28-10-6-2)47(41)45-37-23-19-33(49-37)31-35-21-25-39(51-35)46(40-26-22-36(52-40)32-34-20-24-38(45)50-34)48-43(55-29-11-7-3)17-14-18-44(48)56-30-12-8-4;2*1-3(2)4;/h13-26,31-32H,5-12,27-30H2,1-4H3;2*3H,1-2H3;/q-2;2*-1;+4. The SMILES string of the molecule is CCCCOc1cccc(OCCCC)c1C1=C2C=CC(=N2)C=c2ccc3[n]2[Sn]([O]C(C)C)([O]C(C)C)[n]2c(ccc21)C=C1C=CC(=N1)C=3c1c(OCCCC)cccc1OCCCC. The third-order valence-electron chi connectivity index (χ3n) is 11.6. The zero-order chi connectivity index (χ0) is 45.5. The molecule has 8 rings (SSSR count). The zero-order valence-electron chi connectivity index (χ0n) is 39.6. The van der Waals surface area contributed by atoms with Gasteiger partial charge in [-0.05, 0) is 0 Å². The molecule has 2 aromatic heterocycles. The number of nitrogens with zero attached hydrogens (tertiary/aromatic N) is 4. The first-order valence-corrected chi connectivity index (χ1v) is 28.9. The zero-order valence-corrected chi connectivity index (χ0v) is 42.5. The Labute approximate surface area is 391 Å². The Balaban J connectivity index is 1.55. The molecule has 0 spiro atoms. The third kappa shape index (κ3) is 9.63. The molecular weight excluding hydrogens is 919 g/mol. The van der Waals surface area contributed by atoms with Gasteiger partial charge in [0.15, 0.2) is 0 Å². The van der Waals surface area contributed by atoms with Gasteiger partial charge in [0.2, 0.25) is 0 Å². The molecule has 6 heterocycles. The van der Waals surface area contributed by atoms with Crippen molar-refractivity contribution in [2.45, 2.75) is 119 Å². The Kier molecular flexibility index (Phi) is 15.1. The number of rotatable bonds is 22. The molecule has 4 aliphatic rings. The van der Waals surface area contributed by atoms with Gasteiger partial charge in [-0.1, -0.05) is 0 Å². The Hall–Kier alpha value is -5.04. The summed E-state index contributed by atoms with van der Waals surface area (Å²) in [5.41, 5.74) is 8.57. The number of ether oxygens (including phenoxy) is 4. The van der Waals surface area contributed by atoms with Gasteiger partial charge in [0.05, 0.1) is 0 Å². The molecule has 0 amide bonds. The molecule has 6 bridgehead atoms. The summed E-state index contributed by atoms with van der Waals surface area (Å²) >= 11 is -5.26. The average molecular weight is 986 g/mol. The van der Waals surface area contributed by atoms with Crippen LogP contribution in [0.5, 0.6) is 23.0 Å². The Morgan fingerprint density at radius 1 is 0.538 bits per heavy atom. The second-order valence-corrected chi connectivity index (χ2v) is 24.5. The van der Waals surface area contributed by atoms with Crippen molar-refractivity contribution in [3.8, 4) is 23.0 Å². The molecule has 0 unspecified atom stereocenters. The van der Waals surface area contributed by atoms with Gasteiger partial charge in [0.1, 0.15) is 0 Å². The van der Waals surface area contributed by atoms with Crippen LogP contribution in [-0.2, 0) is 6.15 Å². The van der Waals surface area contributed by atoms with Gasteiger partial charge in [0, 0.05) is 0 Å². The first kappa shape index (κ1) is 46.5. The van der Waals surface area contributed by atoms with Gasteiger partial charge in [-0.2, -0.15) is 0 Å². The van der Waals surface area contributed by atoms with E-state index in [9.17, 15) is 0 Å². The predicted molar refractivity (Wildman–Crippen MR) is 266 cm³/mol. The molecule has 2 aromatic carbocycles. The van der Waals surface area contributed by atoms with Crippen LogP contribution in [-0.4, -0.2) is 75.4 Å². The monoisotopic (exact) mass is 986 g/mol. The number of hydrogen-bond donors (Lipinski definition) is 0. The fourth-order valence-corrected chi connectivity index (χ4v) is 19.6. The van der Waals surface area contributed by atoms with E-state index < -0.39 is 19.8 Å². The quantitative estimate of drug-likeness (QED) is 0.0576. The predicted octanol–water partition coefficient (Wildman–Crippen LogP) is 10.8. The van der Waals surface area contributed by atoms with Crippen LogP contribution in [0.3, 0.4) is 0 Å². The van der Waals surface area contributed by atoms with Crippen molar-refractivity contribution < 1.29 is 25.1 Å². The maximum atomic E-state index is 7.72. The van der Waals surface area contributed by atoms with E-state index in [0.29, 0.717) is 26.4 Å². The number of benzene rings is 2. The Morgan fingerprint density at radius 2 is 1.08 bits per heavy atom. The van der Waals surface area contributed by atoms with Crippen molar-refractivity contribution in [3.63, 3.8) is 0 Å². The van der Waals surface area contributed by atoms with E-state index in [1.165, 1.54) is 0 Å². The molecule has 0 saturated carbocycles. The van der Waals surface area contributed by atoms with E-state index in [0.717, 1.165) is 142 Å². The minimum atomic E-state index is -5.26. The van der Waals surface area contributed by atoms with Crippen molar-refractivity contribution in [2.24, 2.45) is 9.98 Å². The van der Waals surface area contributed by atoms with Gasteiger partial charge in [-0.25, -0.2) is 0 Å². The molecule has 0 saturated heterocycles. The van der Waals surface area contributed by atoms with E-state index >= 15 is 0 Å². The van der Waals surface area contributed by atoms with Crippen molar-refractivity contribution in [1.29, 1.82) is 0 Å². The summed E-state index contributed by atoms with van der Waals surface area (Å²) in [5.74, 6) is 2.99. The first-order chi connectivity index (χ1) is 31.7. The van der Waals surface area contributed by atoms with Gasteiger partial charge in [0.25, 0.3) is 0 Å². The molecule has 0 aliphatic carbocycles. The molecule has 0 radical (unpaired) electrons. The number of hydrogen-bond acceptors (Lipinski definition) is 8. The van der Waals surface area contributed by atoms with E-state index in [2.05, 4.69) is 146 Å². The second-order valence-electron chi connectivity index (χ2n) is 17.5. The van der Waals surface area contributed by atoms with Gasteiger partial charge < -0.3 is 0 Å². The van der Waals surface area contributed by atoms with E-state index in [-0.39, 0.29) is 12.2 Å². The molecule has 0 fully saturated rings. The van der Waals surface area contributed by atoms with Crippen LogP contribution in [0.4, 0.5) is 0 Å². The number of aromatic nitrogens is 2. The van der Waals surface area contributed by atoms with Crippen LogP contribution >= 0.6 is 0 Å². The van der Waals surface area contributed by atoms with Crippen LogP contribution in [0.25, 0.3) is 23.3 Å². The summed E-state index contributed by atoms with van der Waals surface area (Å²) in [7, 11) is 0. The first-order valence-electron chi connectivity index (χ1n) is 24.0. The molecule has 342 valence electrons. The third-order valence-corrected chi connectivity index (χ3v) is 22.1. The number of allylic oxidation sites excluding steroid dienone is 4. The molecule has 11 heteroatoms. The van der Waals surface area contributed by atoms with Gasteiger partial charge in [-0.15, -0.1) is 0 Å². The van der Waals surface area contributed by atoms with Crippen LogP contribution in [0.1, 0.15) is 129 Å². The second kappa shape index (κ2) is 21.1. The number of fused-ring (bicyclic) bond motifs is 2. The van der Waals surface area contributed by atoms with Crippen LogP contribution in [0.2, 0.25) is 0 Å². The minimum absolute atomic E-state index is 0.219. The topological polar surface area (TPSA) is 90.0 Å². The molecule has 0 N–H and O–H groups in total. The summed E-state index contributed by atoms with van der Waals surface area (Å²) in [6, 6.07) is 21.0. The average Bonchev–Trinajstić information content (AvgIpc) is 4.11. The summed E-state index contributed by atoms with van der Waals surface area (Å²) < 4.78 is 47.2. The molecule has 65 heavy (non-hydrogen) atoms.